The summed E-state index contributed by atoms with van der Waals surface area (Å²) in [5.41, 5.74) is 0.444. The zero-order chi connectivity index (χ0) is 15.1. The van der Waals surface area contributed by atoms with Crippen LogP contribution in [0.3, 0.4) is 0 Å². The Morgan fingerprint density at radius 2 is 1.80 bits per heavy atom. The zero-order valence-electron chi connectivity index (χ0n) is 12.7. The summed E-state index contributed by atoms with van der Waals surface area (Å²) in [7, 11) is 3.08. The molecule has 0 fully saturated rings. The maximum absolute atomic E-state index is 12.0. The van der Waals surface area contributed by atoms with Crippen molar-refractivity contribution in [2.24, 2.45) is 0 Å². The van der Waals surface area contributed by atoms with E-state index in [9.17, 15) is 4.79 Å². The molecule has 0 saturated carbocycles. The summed E-state index contributed by atoms with van der Waals surface area (Å²) in [6.45, 7) is 6.40. The summed E-state index contributed by atoms with van der Waals surface area (Å²) in [6.07, 6.45) is 0. The number of ether oxygens (including phenoxy) is 3. The van der Waals surface area contributed by atoms with Gasteiger partial charge in [0.05, 0.1) is 19.8 Å². The summed E-state index contributed by atoms with van der Waals surface area (Å²) in [4.78, 5) is 12.0. The summed E-state index contributed by atoms with van der Waals surface area (Å²) in [5, 5.41) is 3.27. The van der Waals surface area contributed by atoms with Crippen molar-refractivity contribution in [2.45, 2.75) is 32.9 Å². The van der Waals surface area contributed by atoms with Crippen LogP contribution in [-0.2, 0) is 4.74 Å². The van der Waals surface area contributed by atoms with Crippen molar-refractivity contribution >= 4 is 5.97 Å². The van der Waals surface area contributed by atoms with E-state index < -0.39 is 0 Å². The van der Waals surface area contributed by atoms with Crippen LogP contribution in [0.2, 0.25) is 0 Å². The van der Waals surface area contributed by atoms with Gasteiger partial charge in [-0.1, -0.05) is 13.8 Å². The first-order valence-corrected chi connectivity index (χ1v) is 6.63. The van der Waals surface area contributed by atoms with Crippen LogP contribution in [0.4, 0.5) is 0 Å². The number of esters is 1. The van der Waals surface area contributed by atoms with Gasteiger partial charge in [-0.3, -0.25) is 0 Å². The lowest BCUT2D eigenvalue weighted by Crippen LogP contribution is -2.36. The number of methoxy groups -OCH3 is 2. The Bertz CT molecular complexity index is 445. The number of hydrogen-bond donors (Lipinski definition) is 1. The van der Waals surface area contributed by atoms with Gasteiger partial charge in [-0.25, -0.2) is 4.79 Å². The summed E-state index contributed by atoms with van der Waals surface area (Å²) in [5.74, 6) is 0.720. The van der Waals surface area contributed by atoms with Crippen LogP contribution in [0.25, 0.3) is 0 Å². The number of rotatable bonds is 7. The molecule has 0 aliphatic carbocycles. The Labute approximate surface area is 120 Å². The van der Waals surface area contributed by atoms with Crippen molar-refractivity contribution in [3.63, 3.8) is 0 Å². The first-order valence-electron chi connectivity index (χ1n) is 6.63. The Morgan fingerprint density at radius 1 is 1.15 bits per heavy atom. The van der Waals surface area contributed by atoms with Crippen LogP contribution in [0, 0.1) is 0 Å². The molecule has 5 heteroatoms. The zero-order valence-corrected chi connectivity index (χ0v) is 12.7. The third-order valence-electron chi connectivity index (χ3n) is 2.70. The summed E-state index contributed by atoms with van der Waals surface area (Å²) >= 11 is 0. The number of benzene rings is 1. The third kappa shape index (κ3) is 4.74. The second-order valence-corrected chi connectivity index (χ2v) is 4.89. The normalized spacial score (nSPS) is 12.1. The number of carbonyl (C=O) groups excluding carboxylic acids is 1. The van der Waals surface area contributed by atoms with E-state index >= 15 is 0 Å². The fourth-order valence-corrected chi connectivity index (χ4v) is 1.86. The molecule has 5 nitrogen and oxygen atoms in total. The van der Waals surface area contributed by atoms with Gasteiger partial charge in [0.15, 0.2) is 11.5 Å². The molecule has 0 aliphatic heterocycles. The first kappa shape index (κ1) is 16.3. The molecular formula is C15H23NO4. The quantitative estimate of drug-likeness (QED) is 0.777. The molecule has 1 rings (SSSR count). The van der Waals surface area contributed by atoms with Crippen molar-refractivity contribution in [1.29, 1.82) is 0 Å². The van der Waals surface area contributed by atoms with Crippen molar-refractivity contribution in [3.8, 4) is 11.5 Å². The van der Waals surface area contributed by atoms with E-state index in [1.807, 2.05) is 20.8 Å². The molecular weight excluding hydrogens is 258 g/mol. The third-order valence-corrected chi connectivity index (χ3v) is 2.70. The van der Waals surface area contributed by atoms with Crippen LogP contribution in [0.15, 0.2) is 18.2 Å². The highest BCUT2D eigenvalue weighted by Crippen LogP contribution is 2.27. The molecule has 1 aromatic rings. The molecule has 0 aliphatic rings. The van der Waals surface area contributed by atoms with Gasteiger partial charge < -0.3 is 19.5 Å². The largest absolute Gasteiger partial charge is 0.493 e. The van der Waals surface area contributed by atoms with Gasteiger partial charge in [0.1, 0.15) is 6.61 Å². The van der Waals surface area contributed by atoms with E-state index in [4.69, 9.17) is 14.2 Å². The van der Waals surface area contributed by atoms with Crippen LogP contribution >= 0.6 is 0 Å². The summed E-state index contributed by atoms with van der Waals surface area (Å²) < 4.78 is 15.6. The van der Waals surface area contributed by atoms with E-state index in [0.717, 1.165) is 0 Å². The van der Waals surface area contributed by atoms with Gasteiger partial charge in [0.25, 0.3) is 0 Å². The van der Waals surface area contributed by atoms with E-state index in [1.165, 1.54) is 7.11 Å². The van der Waals surface area contributed by atoms with Gasteiger partial charge in [0, 0.05) is 12.1 Å². The molecule has 112 valence electrons. The van der Waals surface area contributed by atoms with Crippen molar-refractivity contribution in [1.82, 2.24) is 5.32 Å². The molecule has 0 heterocycles. The second-order valence-electron chi connectivity index (χ2n) is 4.89. The van der Waals surface area contributed by atoms with Gasteiger partial charge in [-0.2, -0.15) is 0 Å². The van der Waals surface area contributed by atoms with Crippen molar-refractivity contribution in [3.05, 3.63) is 23.8 Å². The Kier molecular flexibility index (Phi) is 6.31. The second kappa shape index (κ2) is 7.75. The van der Waals surface area contributed by atoms with Gasteiger partial charge in [0.2, 0.25) is 0 Å². The summed E-state index contributed by atoms with van der Waals surface area (Å²) in [6, 6.07) is 5.42. The average Bonchev–Trinajstić information content (AvgIpc) is 2.43. The predicted octanol–water partition coefficient (Wildman–Crippen LogP) is 2.25. The van der Waals surface area contributed by atoms with Crippen molar-refractivity contribution < 1.29 is 19.0 Å². The van der Waals surface area contributed by atoms with E-state index in [2.05, 4.69) is 5.32 Å². The fourth-order valence-electron chi connectivity index (χ4n) is 1.86. The van der Waals surface area contributed by atoms with Gasteiger partial charge in [-0.05, 0) is 25.1 Å². The smallest absolute Gasteiger partial charge is 0.338 e. The minimum atomic E-state index is -0.372. The molecule has 0 spiro atoms. The number of hydrogen-bond acceptors (Lipinski definition) is 5. The van der Waals surface area contributed by atoms with Crippen LogP contribution in [-0.4, -0.2) is 38.9 Å². The highest BCUT2D eigenvalue weighted by molar-refractivity contribution is 5.90. The minimum Gasteiger partial charge on any atom is -0.493 e. The first-order chi connectivity index (χ1) is 9.47. The average molecular weight is 281 g/mol. The Balaban J connectivity index is 2.64. The fraction of sp³-hybridized carbons (Fsp3) is 0.533. The standard InChI is InChI=1S/C15H23NO4/c1-10(2)16-11(3)9-20-15(17)12-6-7-13(18-4)14(8-12)19-5/h6-8,10-11,16H,9H2,1-5H3/t11-/m0/s1. The van der Waals surface area contributed by atoms with Crippen LogP contribution in [0.5, 0.6) is 11.5 Å². The highest BCUT2D eigenvalue weighted by Gasteiger charge is 2.13. The lowest BCUT2D eigenvalue weighted by atomic mass is 10.2. The van der Waals surface area contributed by atoms with Crippen molar-refractivity contribution in [2.75, 3.05) is 20.8 Å². The lowest BCUT2D eigenvalue weighted by Gasteiger charge is -2.17. The minimum absolute atomic E-state index is 0.110. The topological polar surface area (TPSA) is 56.8 Å². The molecule has 0 aromatic heterocycles. The molecule has 1 N–H and O–H groups in total. The Hall–Kier alpha value is -1.75. The monoisotopic (exact) mass is 281 g/mol. The number of nitrogens with one attached hydrogen (secondary N) is 1. The Morgan fingerprint density at radius 3 is 2.35 bits per heavy atom. The van der Waals surface area contributed by atoms with E-state index in [-0.39, 0.29) is 12.0 Å². The lowest BCUT2D eigenvalue weighted by molar-refractivity contribution is 0.0468. The molecule has 0 amide bonds. The predicted molar refractivity (Wildman–Crippen MR) is 77.6 cm³/mol. The molecule has 20 heavy (non-hydrogen) atoms. The van der Waals surface area contributed by atoms with E-state index in [1.54, 1.807) is 25.3 Å². The van der Waals surface area contributed by atoms with E-state index in [0.29, 0.717) is 29.7 Å². The molecule has 0 bridgehead atoms. The van der Waals surface area contributed by atoms with Gasteiger partial charge in [-0.15, -0.1) is 0 Å². The SMILES string of the molecule is COc1ccc(C(=O)OC[C@H](C)NC(C)C)cc1OC. The molecule has 0 radical (unpaired) electrons. The number of carbonyl (C=O) groups is 1. The molecule has 1 atom stereocenters. The highest BCUT2D eigenvalue weighted by atomic mass is 16.5. The van der Waals surface area contributed by atoms with Crippen LogP contribution < -0.4 is 14.8 Å². The maximum atomic E-state index is 12.0. The molecule has 1 aromatic carbocycles. The maximum Gasteiger partial charge on any atom is 0.338 e. The molecule has 0 saturated heterocycles. The van der Waals surface area contributed by atoms with Crippen LogP contribution in [0.1, 0.15) is 31.1 Å². The molecule has 0 unspecified atom stereocenters. The van der Waals surface area contributed by atoms with Gasteiger partial charge >= 0.3 is 5.97 Å².